The van der Waals surface area contributed by atoms with Crippen LogP contribution in [0.1, 0.15) is 13.8 Å². The molecule has 0 saturated heterocycles. The highest BCUT2D eigenvalue weighted by atomic mass is 16.5. The molecule has 0 atom stereocenters. The lowest BCUT2D eigenvalue weighted by atomic mass is 10.1. The van der Waals surface area contributed by atoms with E-state index in [1.165, 1.54) is 0 Å². The van der Waals surface area contributed by atoms with Crippen LogP contribution >= 0.6 is 0 Å². The van der Waals surface area contributed by atoms with Gasteiger partial charge < -0.3 is 19.7 Å². The summed E-state index contributed by atoms with van der Waals surface area (Å²) in [4.78, 5) is 0. The second-order valence-electron chi connectivity index (χ2n) is 4.14. The van der Waals surface area contributed by atoms with E-state index < -0.39 is 0 Å². The number of nitrogens with zero attached hydrogens (tertiary/aromatic N) is 1. The third kappa shape index (κ3) is 2.56. The summed E-state index contributed by atoms with van der Waals surface area (Å²) in [6, 6.07) is 7.16. The van der Waals surface area contributed by atoms with Crippen LogP contribution in [0.25, 0.3) is 11.3 Å². The topological polar surface area (TPSA) is 70.5 Å². The first-order valence-corrected chi connectivity index (χ1v) is 5.67. The van der Waals surface area contributed by atoms with Crippen molar-refractivity contribution in [2.24, 2.45) is 0 Å². The maximum absolute atomic E-state index is 5.72. The Labute approximate surface area is 105 Å². The van der Waals surface area contributed by atoms with Gasteiger partial charge in [0.25, 0.3) is 0 Å². The molecule has 0 bridgehead atoms. The van der Waals surface area contributed by atoms with Crippen molar-refractivity contribution < 1.29 is 14.0 Å². The summed E-state index contributed by atoms with van der Waals surface area (Å²) in [6.45, 7) is 3.92. The van der Waals surface area contributed by atoms with E-state index in [1.807, 2.05) is 32.0 Å². The summed E-state index contributed by atoms with van der Waals surface area (Å²) in [5.74, 6) is 2.32. The highest BCUT2D eigenvalue weighted by Gasteiger charge is 2.14. The number of benzene rings is 1. The van der Waals surface area contributed by atoms with Crippen LogP contribution in [0.5, 0.6) is 11.5 Å². The second kappa shape index (κ2) is 5.00. The molecule has 0 aliphatic heterocycles. The van der Waals surface area contributed by atoms with Gasteiger partial charge in [-0.3, -0.25) is 0 Å². The molecular formula is C13H16N2O3. The van der Waals surface area contributed by atoms with Gasteiger partial charge in [-0.15, -0.1) is 0 Å². The first-order valence-electron chi connectivity index (χ1n) is 5.67. The fourth-order valence-electron chi connectivity index (χ4n) is 1.60. The Morgan fingerprint density at radius 3 is 2.61 bits per heavy atom. The molecule has 0 radical (unpaired) electrons. The summed E-state index contributed by atoms with van der Waals surface area (Å²) < 4.78 is 16.1. The van der Waals surface area contributed by atoms with E-state index in [1.54, 1.807) is 13.2 Å². The molecule has 2 aromatic rings. The first kappa shape index (κ1) is 12.3. The maximum atomic E-state index is 5.72. The van der Waals surface area contributed by atoms with Crippen LogP contribution in [0.15, 0.2) is 28.8 Å². The Morgan fingerprint density at radius 2 is 2.06 bits per heavy atom. The van der Waals surface area contributed by atoms with E-state index in [0.29, 0.717) is 17.3 Å². The summed E-state index contributed by atoms with van der Waals surface area (Å²) in [5, 5.41) is 3.68. The normalized spacial score (nSPS) is 10.7. The van der Waals surface area contributed by atoms with E-state index >= 15 is 0 Å². The first-order chi connectivity index (χ1) is 8.60. The lowest BCUT2D eigenvalue weighted by Crippen LogP contribution is -2.06. The molecule has 5 nitrogen and oxygen atoms in total. The third-order valence-electron chi connectivity index (χ3n) is 2.34. The number of methoxy groups -OCH3 is 1. The van der Waals surface area contributed by atoms with Crippen molar-refractivity contribution in [2.75, 3.05) is 12.8 Å². The number of nitrogens with two attached hydrogens (primary N) is 1. The fourth-order valence-corrected chi connectivity index (χ4v) is 1.60. The van der Waals surface area contributed by atoms with Crippen LogP contribution in [-0.4, -0.2) is 18.4 Å². The quantitative estimate of drug-likeness (QED) is 0.900. The zero-order chi connectivity index (χ0) is 13.1. The van der Waals surface area contributed by atoms with Crippen molar-refractivity contribution >= 4 is 5.82 Å². The van der Waals surface area contributed by atoms with Gasteiger partial charge in [-0.25, -0.2) is 0 Å². The summed E-state index contributed by atoms with van der Waals surface area (Å²) in [7, 11) is 1.61. The zero-order valence-corrected chi connectivity index (χ0v) is 10.6. The van der Waals surface area contributed by atoms with Gasteiger partial charge in [-0.05, 0) is 32.0 Å². The van der Waals surface area contributed by atoms with Crippen molar-refractivity contribution in [1.82, 2.24) is 5.16 Å². The Hall–Kier alpha value is -2.17. The monoisotopic (exact) mass is 248 g/mol. The summed E-state index contributed by atoms with van der Waals surface area (Å²) in [6.07, 6.45) is 0.0670. The van der Waals surface area contributed by atoms with Gasteiger partial charge in [-0.1, -0.05) is 5.16 Å². The summed E-state index contributed by atoms with van der Waals surface area (Å²) in [5.41, 5.74) is 6.33. The molecule has 1 aromatic heterocycles. The molecule has 0 unspecified atom stereocenters. The lowest BCUT2D eigenvalue weighted by molar-refractivity contribution is 0.242. The fraction of sp³-hybridized carbons (Fsp3) is 0.308. The van der Waals surface area contributed by atoms with E-state index in [-0.39, 0.29) is 6.10 Å². The summed E-state index contributed by atoms with van der Waals surface area (Å²) >= 11 is 0. The lowest BCUT2D eigenvalue weighted by Gasteiger charge is -2.13. The average Bonchev–Trinajstić information content (AvgIpc) is 2.75. The Morgan fingerprint density at radius 1 is 1.28 bits per heavy atom. The molecule has 0 aliphatic rings. The zero-order valence-electron chi connectivity index (χ0n) is 10.6. The van der Waals surface area contributed by atoms with Crippen LogP contribution in [0.2, 0.25) is 0 Å². The molecule has 0 amide bonds. The minimum Gasteiger partial charge on any atom is -0.497 e. The van der Waals surface area contributed by atoms with Crippen LogP contribution in [0.3, 0.4) is 0 Å². The predicted octanol–water partition coefficient (Wildman–Crippen LogP) is 2.72. The number of hydrogen-bond acceptors (Lipinski definition) is 5. The molecular weight excluding hydrogens is 232 g/mol. The van der Waals surface area contributed by atoms with E-state index in [0.717, 1.165) is 11.3 Å². The number of nitrogen functional groups attached to an aromatic ring is 1. The SMILES string of the molecule is COc1ccc(OC(C)C)c(-c2cc(N)no2)c1. The third-order valence-corrected chi connectivity index (χ3v) is 2.34. The number of aromatic nitrogens is 1. The number of ether oxygens (including phenoxy) is 2. The van der Waals surface area contributed by atoms with Crippen molar-refractivity contribution in [1.29, 1.82) is 0 Å². The highest BCUT2D eigenvalue weighted by molar-refractivity contribution is 5.69. The van der Waals surface area contributed by atoms with Crippen LogP contribution in [0.4, 0.5) is 5.82 Å². The second-order valence-corrected chi connectivity index (χ2v) is 4.14. The molecule has 5 heteroatoms. The molecule has 2 rings (SSSR count). The van der Waals surface area contributed by atoms with E-state index in [4.69, 9.17) is 19.7 Å². The molecule has 96 valence electrons. The average molecular weight is 248 g/mol. The molecule has 2 N–H and O–H groups in total. The predicted molar refractivity (Wildman–Crippen MR) is 68.7 cm³/mol. The van der Waals surface area contributed by atoms with Crippen LogP contribution in [0, 0.1) is 0 Å². The van der Waals surface area contributed by atoms with Crippen LogP contribution < -0.4 is 15.2 Å². The molecule has 0 fully saturated rings. The standard InChI is InChI=1S/C13H16N2O3/c1-8(2)17-11-5-4-9(16-3)6-10(11)12-7-13(14)15-18-12/h4-8H,1-3H3,(H2,14,15). The van der Waals surface area contributed by atoms with Gasteiger partial charge in [0.05, 0.1) is 18.8 Å². The maximum Gasteiger partial charge on any atom is 0.172 e. The van der Waals surface area contributed by atoms with Crippen LogP contribution in [-0.2, 0) is 0 Å². The largest absolute Gasteiger partial charge is 0.497 e. The van der Waals surface area contributed by atoms with Gasteiger partial charge in [0.15, 0.2) is 11.6 Å². The van der Waals surface area contributed by atoms with Gasteiger partial charge in [-0.2, -0.15) is 0 Å². The van der Waals surface area contributed by atoms with Gasteiger partial charge >= 0.3 is 0 Å². The van der Waals surface area contributed by atoms with Crippen molar-refractivity contribution in [3.8, 4) is 22.8 Å². The van der Waals surface area contributed by atoms with Crippen molar-refractivity contribution in [3.63, 3.8) is 0 Å². The molecule has 0 saturated carbocycles. The van der Waals surface area contributed by atoms with E-state index in [9.17, 15) is 0 Å². The molecule has 0 spiro atoms. The van der Waals surface area contributed by atoms with Crippen molar-refractivity contribution in [3.05, 3.63) is 24.3 Å². The minimum absolute atomic E-state index is 0.0670. The number of anilines is 1. The molecule has 1 aromatic carbocycles. The molecule has 0 aliphatic carbocycles. The van der Waals surface area contributed by atoms with Crippen molar-refractivity contribution in [2.45, 2.75) is 20.0 Å². The Balaban J connectivity index is 2.47. The van der Waals surface area contributed by atoms with E-state index in [2.05, 4.69) is 5.16 Å². The Kier molecular flexibility index (Phi) is 3.41. The molecule has 18 heavy (non-hydrogen) atoms. The smallest absolute Gasteiger partial charge is 0.172 e. The molecule has 1 heterocycles. The number of hydrogen-bond donors (Lipinski definition) is 1. The van der Waals surface area contributed by atoms with Gasteiger partial charge in [0.2, 0.25) is 0 Å². The number of rotatable bonds is 4. The highest BCUT2D eigenvalue weighted by Crippen LogP contribution is 2.34. The van der Waals surface area contributed by atoms with Gasteiger partial charge in [0.1, 0.15) is 11.5 Å². The van der Waals surface area contributed by atoms with Gasteiger partial charge in [0, 0.05) is 6.07 Å². The minimum atomic E-state index is 0.0670. The Bertz CT molecular complexity index is 535.